The number of rotatable bonds is 1. The molecule has 0 spiro atoms. The van der Waals surface area contributed by atoms with Crippen LogP contribution in [0.15, 0.2) is 24.3 Å². The Bertz CT molecular complexity index is 430. The zero-order valence-electron chi connectivity index (χ0n) is 8.52. The van der Waals surface area contributed by atoms with E-state index in [1.54, 1.807) is 12.1 Å². The van der Waals surface area contributed by atoms with E-state index in [2.05, 4.69) is 0 Å². The molecule has 84 valence electrons. The van der Waals surface area contributed by atoms with E-state index in [9.17, 15) is 9.59 Å². The minimum absolute atomic E-state index is 0.0252. The highest BCUT2D eigenvalue weighted by atomic mass is 35.5. The van der Waals surface area contributed by atoms with Crippen molar-refractivity contribution in [3.05, 3.63) is 34.9 Å². The van der Waals surface area contributed by atoms with Gasteiger partial charge in [-0.3, -0.25) is 9.69 Å². The van der Waals surface area contributed by atoms with Gasteiger partial charge in [-0.1, -0.05) is 23.7 Å². The van der Waals surface area contributed by atoms with Gasteiger partial charge < -0.3 is 5.73 Å². The Hall–Kier alpha value is -1.55. The van der Waals surface area contributed by atoms with Crippen molar-refractivity contribution in [3.63, 3.8) is 0 Å². The van der Waals surface area contributed by atoms with E-state index < -0.39 is 6.03 Å². The number of imide groups is 1. The van der Waals surface area contributed by atoms with Gasteiger partial charge in [0, 0.05) is 23.9 Å². The number of amides is 3. The molecule has 0 aliphatic carbocycles. The third-order valence-corrected chi connectivity index (χ3v) is 2.98. The molecule has 1 saturated heterocycles. The van der Waals surface area contributed by atoms with Crippen molar-refractivity contribution >= 4 is 23.5 Å². The van der Waals surface area contributed by atoms with Crippen LogP contribution in [0.4, 0.5) is 4.79 Å². The maximum Gasteiger partial charge on any atom is 0.321 e. The summed E-state index contributed by atoms with van der Waals surface area (Å²) in [4.78, 5) is 23.5. The fourth-order valence-corrected chi connectivity index (χ4v) is 2.00. The maximum absolute atomic E-state index is 11.5. The van der Waals surface area contributed by atoms with Crippen molar-refractivity contribution < 1.29 is 9.59 Å². The summed E-state index contributed by atoms with van der Waals surface area (Å²) in [6.07, 6.45) is 0.324. The summed E-state index contributed by atoms with van der Waals surface area (Å²) in [7, 11) is 0. The number of halogens is 1. The van der Waals surface area contributed by atoms with Crippen molar-refractivity contribution in [2.24, 2.45) is 5.73 Å². The van der Waals surface area contributed by atoms with Gasteiger partial charge in [0.05, 0.1) is 0 Å². The third-order valence-electron chi connectivity index (χ3n) is 2.73. The van der Waals surface area contributed by atoms with Crippen LogP contribution in [-0.2, 0) is 4.79 Å². The van der Waals surface area contributed by atoms with E-state index in [4.69, 9.17) is 17.3 Å². The molecular formula is C11H11ClN2O2. The largest absolute Gasteiger partial charge is 0.351 e. The summed E-state index contributed by atoms with van der Waals surface area (Å²) < 4.78 is 0. The molecule has 1 aromatic carbocycles. The fourth-order valence-electron chi connectivity index (χ4n) is 1.88. The number of benzene rings is 1. The highest BCUT2D eigenvalue weighted by Crippen LogP contribution is 2.28. The Morgan fingerprint density at radius 3 is 2.50 bits per heavy atom. The van der Waals surface area contributed by atoms with Gasteiger partial charge in [0.25, 0.3) is 0 Å². The molecule has 16 heavy (non-hydrogen) atoms. The summed E-state index contributed by atoms with van der Waals surface area (Å²) in [6, 6.07) is 6.60. The maximum atomic E-state index is 11.5. The monoisotopic (exact) mass is 238 g/mol. The van der Waals surface area contributed by atoms with E-state index in [1.807, 2.05) is 12.1 Å². The van der Waals surface area contributed by atoms with E-state index >= 15 is 0 Å². The highest BCUT2D eigenvalue weighted by Gasteiger charge is 2.33. The molecular weight excluding hydrogens is 228 g/mol. The van der Waals surface area contributed by atoms with Crippen molar-refractivity contribution in [1.82, 2.24) is 4.90 Å². The van der Waals surface area contributed by atoms with E-state index in [1.165, 1.54) is 0 Å². The molecule has 0 unspecified atom stereocenters. The van der Waals surface area contributed by atoms with Gasteiger partial charge in [-0.25, -0.2) is 4.79 Å². The lowest BCUT2D eigenvalue weighted by Gasteiger charge is -2.11. The van der Waals surface area contributed by atoms with Gasteiger partial charge in [-0.2, -0.15) is 0 Å². The Morgan fingerprint density at radius 2 is 2.00 bits per heavy atom. The molecule has 0 aromatic heterocycles. The van der Waals surface area contributed by atoms with Crippen molar-refractivity contribution in [3.8, 4) is 0 Å². The molecule has 1 fully saturated rings. The van der Waals surface area contributed by atoms with Gasteiger partial charge in [0.15, 0.2) is 0 Å². The first kappa shape index (κ1) is 11.0. The zero-order valence-corrected chi connectivity index (χ0v) is 9.28. The van der Waals surface area contributed by atoms with E-state index in [0.717, 1.165) is 10.5 Å². The van der Waals surface area contributed by atoms with Crippen LogP contribution >= 0.6 is 11.6 Å². The Balaban J connectivity index is 2.16. The van der Waals surface area contributed by atoms with Crippen LogP contribution in [0.1, 0.15) is 17.9 Å². The Kier molecular flexibility index (Phi) is 2.83. The van der Waals surface area contributed by atoms with E-state index in [-0.39, 0.29) is 11.8 Å². The number of likely N-dealkylation sites (tertiary alicyclic amines) is 1. The quantitative estimate of drug-likeness (QED) is 0.810. The molecule has 1 aliphatic rings. The minimum Gasteiger partial charge on any atom is -0.351 e. The predicted octanol–water partition coefficient (Wildman–Crippen LogP) is 1.73. The number of carbonyl (C=O) groups is 2. The van der Waals surface area contributed by atoms with Crippen LogP contribution < -0.4 is 5.73 Å². The first-order chi connectivity index (χ1) is 7.58. The second-order valence-corrected chi connectivity index (χ2v) is 4.23. The SMILES string of the molecule is NC(=O)N1C[C@H](c2ccc(Cl)cc2)CC1=O. The predicted molar refractivity (Wildman–Crippen MR) is 60.1 cm³/mol. The molecule has 0 saturated carbocycles. The van der Waals surface area contributed by atoms with Crippen LogP contribution in [-0.4, -0.2) is 23.4 Å². The number of nitrogens with two attached hydrogens (primary N) is 1. The second-order valence-electron chi connectivity index (χ2n) is 3.80. The summed E-state index contributed by atoms with van der Waals surface area (Å²) >= 11 is 5.77. The standard InChI is InChI=1S/C11H11ClN2O2/c12-9-3-1-7(2-4-9)8-5-10(15)14(6-8)11(13)16/h1-4,8H,5-6H2,(H2,13,16)/t8-/m1/s1. The van der Waals surface area contributed by atoms with Crippen LogP contribution in [0.25, 0.3) is 0 Å². The average Bonchev–Trinajstić information content (AvgIpc) is 2.61. The summed E-state index contributed by atoms with van der Waals surface area (Å²) in [6.45, 7) is 0.357. The number of urea groups is 1. The van der Waals surface area contributed by atoms with Crippen LogP contribution in [0.3, 0.4) is 0 Å². The minimum atomic E-state index is -0.679. The number of hydrogen-bond acceptors (Lipinski definition) is 2. The van der Waals surface area contributed by atoms with Crippen molar-refractivity contribution in [2.75, 3.05) is 6.54 Å². The summed E-state index contributed by atoms with van der Waals surface area (Å²) in [5.41, 5.74) is 6.10. The van der Waals surface area contributed by atoms with Gasteiger partial charge in [-0.05, 0) is 17.7 Å². The molecule has 1 aromatic rings. The van der Waals surface area contributed by atoms with Crippen molar-refractivity contribution in [1.29, 1.82) is 0 Å². The number of nitrogens with zero attached hydrogens (tertiary/aromatic N) is 1. The smallest absolute Gasteiger partial charge is 0.321 e. The first-order valence-electron chi connectivity index (χ1n) is 4.93. The number of primary amides is 1. The molecule has 1 aliphatic heterocycles. The van der Waals surface area contributed by atoms with Gasteiger partial charge >= 0.3 is 6.03 Å². The molecule has 1 heterocycles. The average molecular weight is 239 g/mol. The lowest BCUT2D eigenvalue weighted by molar-refractivity contribution is -0.125. The van der Waals surface area contributed by atoms with Crippen LogP contribution in [0.5, 0.6) is 0 Å². The normalized spacial score (nSPS) is 20.2. The lowest BCUT2D eigenvalue weighted by atomic mass is 9.98. The lowest BCUT2D eigenvalue weighted by Crippen LogP contribution is -2.36. The van der Waals surface area contributed by atoms with E-state index in [0.29, 0.717) is 18.0 Å². The molecule has 2 rings (SSSR count). The number of hydrogen-bond donors (Lipinski definition) is 1. The summed E-state index contributed by atoms with van der Waals surface area (Å²) in [5, 5.41) is 0.653. The molecule has 5 heteroatoms. The van der Waals surface area contributed by atoms with Crippen LogP contribution in [0, 0.1) is 0 Å². The topological polar surface area (TPSA) is 63.4 Å². The number of carbonyl (C=O) groups excluding carboxylic acids is 2. The summed E-state index contributed by atoms with van der Waals surface area (Å²) in [5.74, 6) is -0.190. The zero-order chi connectivity index (χ0) is 11.7. The third kappa shape index (κ3) is 2.02. The van der Waals surface area contributed by atoms with Gasteiger partial charge in [0.2, 0.25) is 5.91 Å². The first-order valence-corrected chi connectivity index (χ1v) is 5.31. The molecule has 0 radical (unpaired) electrons. The Morgan fingerprint density at radius 1 is 1.38 bits per heavy atom. The van der Waals surface area contributed by atoms with Crippen LogP contribution in [0.2, 0.25) is 5.02 Å². The second kappa shape index (κ2) is 4.14. The molecule has 0 bridgehead atoms. The van der Waals surface area contributed by atoms with Gasteiger partial charge in [-0.15, -0.1) is 0 Å². The van der Waals surface area contributed by atoms with Gasteiger partial charge in [0.1, 0.15) is 0 Å². The molecule has 1 atom stereocenters. The molecule has 4 nitrogen and oxygen atoms in total. The van der Waals surface area contributed by atoms with Crippen molar-refractivity contribution in [2.45, 2.75) is 12.3 Å². The Labute approximate surface area is 98.0 Å². The molecule has 3 amide bonds. The fraction of sp³-hybridized carbons (Fsp3) is 0.273. The highest BCUT2D eigenvalue weighted by molar-refractivity contribution is 6.30. The molecule has 2 N–H and O–H groups in total.